The SMILES string of the molecule is O=C(c1csc(-c2ccccc2)n1)N1CCNCC1. The number of rotatable bonds is 2. The van der Waals surface area contributed by atoms with E-state index in [9.17, 15) is 4.79 Å². The third-order valence-corrected chi connectivity index (χ3v) is 4.04. The Morgan fingerprint density at radius 2 is 1.95 bits per heavy atom. The van der Waals surface area contributed by atoms with Gasteiger partial charge in [-0.2, -0.15) is 0 Å². The lowest BCUT2D eigenvalue weighted by molar-refractivity contribution is 0.0731. The van der Waals surface area contributed by atoms with E-state index in [2.05, 4.69) is 10.3 Å². The van der Waals surface area contributed by atoms with Gasteiger partial charge in [0.2, 0.25) is 0 Å². The van der Waals surface area contributed by atoms with Crippen LogP contribution < -0.4 is 5.32 Å². The maximum absolute atomic E-state index is 12.3. The molecular weight excluding hydrogens is 258 g/mol. The number of benzene rings is 1. The number of piperazine rings is 1. The van der Waals surface area contributed by atoms with Crippen molar-refractivity contribution >= 4 is 17.2 Å². The molecule has 2 aromatic rings. The first-order valence-electron chi connectivity index (χ1n) is 6.35. The Hall–Kier alpha value is -1.72. The van der Waals surface area contributed by atoms with E-state index in [0.717, 1.165) is 36.8 Å². The fraction of sp³-hybridized carbons (Fsp3) is 0.286. The lowest BCUT2D eigenvalue weighted by atomic mass is 10.2. The zero-order valence-corrected chi connectivity index (χ0v) is 11.3. The van der Waals surface area contributed by atoms with Crippen molar-refractivity contribution in [3.63, 3.8) is 0 Å². The van der Waals surface area contributed by atoms with E-state index in [-0.39, 0.29) is 5.91 Å². The summed E-state index contributed by atoms with van der Waals surface area (Å²) in [7, 11) is 0. The van der Waals surface area contributed by atoms with Gasteiger partial charge in [-0.15, -0.1) is 11.3 Å². The van der Waals surface area contributed by atoms with Crippen molar-refractivity contribution in [2.24, 2.45) is 0 Å². The molecule has 1 aliphatic heterocycles. The molecule has 1 aromatic carbocycles. The quantitative estimate of drug-likeness (QED) is 0.908. The minimum absolute atomic E-state index is 0.0416. The lowest BCUT2D eigenvalue weighted by Crippen LogP contribution is -2.46. The van der Waals surface area contributed by atoms with Gasteiger partial charge >= 0.3 is 0 Å². The van der Waals surface area contributed by atoms with Gasteiger partial charge in [-0.3, -0.25) is 4.79 Å². The minimum atomic E-state index is 0.0416. The van der Waals surface area contributed by atoms with Crippen LogP contribution in [-0.4, -0.2) is 42.0 Å². The molecule has 0 unspecified atom stereocenters. The van der Waals surface area contributed by atoms with Crippen LogP contribution in [0.25, 0.3) is 10.6 Å². The molecule has 19 heavy (non-hydrogen) atoms. The molecule has 3 rings (SSSR count). The van der Waals surface area contributed by atoms with Crippen molar-refractivity contribution in [3.05, 3.63) is 41.4 Å². The van der Waals surface area contributed by atoms with E-state index >= 15 is 0 Å². The van der Waals surface area contributed by atoms with Crippen LogP contribution in [0.1, 0.15) is 10.5 Å². The maximum atomic E-state index is 12.3. The maximum Gasteiger partial charge on any atom is 0.273 e. The Morgan fingerprint density at radius 1 is 1.21 bits per heavy atom. The second-order valence-electron chi connectivity index (χ2n) is 4.45. The van der Waals surface area contributed by atoms with E-state index in [1.807, 2.05) is 40.6 Å². The molecule has 1 fully saturated rings. The van der Waals surface area contributed by atoms with Crippen LogP contribution in [0.15, 0.2) is 35.7 Å². The topological polar surface area (TPSA) is 45.2 Å². The van der Waals surface area contributed by atoms with Gasteiger partial charge in [-0.05, 0) is 0 Å². The number of carbonyl (C=O) groups is 1. The molecule has 0 aliphatic carbocycles. The summed E-state index contributed by atoms with van der Waals surface area (Å²) in [5, 5.41) is 6.00. The van der Waals surface area contributed by atoms with Crippen molar-refractivity contribution in [3.8, 4) is 10.6 Å². The molecule has 1 amide bonds. The van der Waals surface area contributed by atoms with E-state index in [1.54, 1.807) is 0 Å². The van der Waals surface area contributed by atoms with E-state index in [4.69, 9.17) is 0 Å². The van der Waals surface area contributed by atoms with Gasteiger partial charge in [0.1, 0.15) is 10.7 Å². The smallest absolute Gasteiger partial charge is 0.273 e. The fourth-order valence-electron chi connectivity index (χ4n) is 2.12. The van der Waals surface area contributed by atoms with Gasteiger partial charge < -0.3 is 10.2 Å². The second-order valence-corrected chi connectivity index (χ2v) is 5.30. The number of hydrogen-bond donors (Lipinski definition) is 1. The summed E-state index contributed by atoms with van der Waals surface area (Å²) in [5.41, 5.74) is 1.62. The standard InChI is InChI=1S/C14H15N3OS/c18-14(17-8-6-15-7-9-17)12-10-19-13(16-12)11-4-2-1-3-5-11/h1-5,10,15H,6-9H2. The average molecular weight is 273 g/mol. The van der Waals surface area contributed by atoms with Crippen LogP contribution in [0.3, 0.4) is 0 Å². The molecule has 1 aromatic heterocycles. The second kappa shape index (κ2) is 5.50. The Labute approximate surface area is 116 Å². The summed E-state index contributed by atoms with van der Waals surface area (Å²) in [4.78, 5) is 18.6. The van der Waals surface area contributed by atoms with Crippen LogP contribution in [0, 0.1) is 0 Å². The van der Waals surface area contributed by atoms with Crippen molar-refractivity contribution in [2.75, 3.05) is 26.2 Å². The summed E-state index contributed by atoms with van der Waals surface area (Å²) in [6, 6.07) is 9.96. The highest BCUT2D eigenvalue weighted by atomic mass is 32.1. The molecule has 5 heteroatoms. The first kappa shape index (κ1) is 12.3. The van der Waals surface area contributed by atoms with Gasteiger partial charge in [0.25, 0.3) is 5.91 Å². The molecule has 0 saturated carbocycles. The number of carbonyl (C=O) groups excluding carboxylic acids is 1. The summed E-state index contributed by atoms with van der Waals surface area (Å²) < 4.78 is 0. The number of nitrogens with one attached hydrogen (secondary N) is 1. The van der Waals surface area contributed by atoms with Crippen LogP contribution in [0.2, 0.25) is 0 Å². The lowest BCUT2D eigenvalue weighted by Gasteiger charge is -2.26. The Bertz CT molecular complexity index is 561. The summed E-state index contributed by atoms with van der Waals surface area (Å²) in [5.74, 6) is 0.0416. The Morgan fingerprint density at radius 3 is 2.68 bits per heavy atom. The molecule has 0 spiro atoms. The zero-order valence-electron chi connectivity index (χ0n) is 10.5. The van der Waals surface area contributed by atoms with Gasteiger partial charge in [0, 0.05) is 37.1 Å². The third-order valence-electron chi connectivity index (χ3n) is 3.15. The number of nitrogens with zero attached hydrogens (tertiary/aromatic N) is 2. The first-order chi connectivity index (χ1) is 9.34. The van der Waals surface area contributed by atoms with Crippen molar-refractivity contribution < 1.29 is 4.79 Å². The van der Waals surface area contributed by atoms with Crippen LogP contribution >= 0.6 is 11.3 Å². The zero-order chi connectivity index (χ0) is 13.1. The van der Waals surface area contributed by atoms with E-state index in [1.165, 1.54) is 11.3 Å². The average Bonchev–Trinajstić information content (AvgIpc) is 2.98. The molecule has 0 bridgehead atoms. The molecule has 0 atom stereocenters. The Kier molecular flexibility index (Phi) is 3.57. The molecule has 98 valence electrons. The largest absolute Gasteiger partial charge is 0.335 e. The van der Waals surface area contributed by atoms with Gasteiger partial charge in [0.15, 0.2) is 0 Å². The van der Waals surface area contributed by atoms with Crippen LogP contribution in [-0.2, 0) is 0 Å². The van der Waals surface area contributed by atoms with Gasteiger partial charge in [-0.25, -0.2) is 4.98 Å². The third kappa shape index (κ3) is 2.67. The van der Waals surface area contributed by atoms with Gasteiger partial charge in [0.05, 0.1) is 0 Å². The minimum Gasteiger partial charge on any atom is -0.335 e. The highest BCUT2D eigenvalue weighted by molar-refractivity contribution is 7.13. The summed E-state index contributed by atoms with van der Waals surface area (Å²) >= 11 is 1.52. The summed E-state index contributed by atoms with van der Waals surface area (Å²) in [6.45, 7) is 3.25. The van der Waals surface area contributed by atoms with Crippen LogP contribution in [0.5, 0.6) is 0 Å². The number of hydrogen-bond acceptors (Lipinski definition) is 4. The first-order valence-corrected chi connectivity index (χ1v) is 7.23. The molecule has 2 heterocycles. The van der Waals surface area contributed by atoms with Gasteiger partial charge in [-0.1, -0.05) is 30.3 Å². The number of amides is 1. The van der Waals surface area contributed by atoms with E-state index < -0.39 is 0 Å². The van der Waals surface area contributed by atoms with Crippen LogP contribution in [0.4, 0.5) is 0 Å². The van der Waals surface area contributed by atoms with Crippen molar-refractivity contribution in [1.82, 2.24) is 15.2 Å². The predicted octanol–water partition coefficient (Wildman–Crippen LogP) is 1.86. The number of thiazole rings is 1. The number of aromatic nitrogens is 1. The monoisotopic (exact) mass is 273 g/mol. The molecular formula is C14H15N3OS. The highest BCUT2D eigenvalue weighted by Gasteiger charge is 2.20. The highest BCUT2D eigenvalue weighted by Crippen LogP contribution is 2.23. The molecule has 1 saturated heterocycles. The molecule has 1 aliphatic rings. The fourth-order valence-corrected chi connectivity index (χ4v) is 2.92. The molecule has 1 N–H and O–H groups in total. The van der Waals surface area contributed by atoms with Crippen molar-refractivity contribution in [2.45, 2.75) is 0 Å². The van der Waals surface area contributed by atoms with Crippen molar-refractivity contribution in [1.29, 1.82) is 0 Å². The Balaban J connectivity index is 1.79. The summed E-state index contributed by atoms with van der Waals surface area (Å²) in [6.07, 6.45) is 0. The molecule has 0 radical (unpaired) electrons. The predicted molar refractivity (Wildman–Crippen MR) is 76.3 cm³/mol. The normalized spacial score (nSPS) is 15.5. The molecule has 4 nitrogen and oxygen atoms in total. The van der Waals surface area contributed by atoms with E-state index in [0.29, 0.717) is 5.69 Å².